The lowest BCUT2D eigenvalue weighted by Gasteiger charge is -2.43. The van der Waals surface area contributed by atoms with Crippen molar-refractivity contribution in [2.45, 2.75) is 102 Å². The first-order valence-electron chi connectivity index (χ1n) is 23.3. The molecule has 0 radical (unpaired) electrons. The quantitative estimate of drug-likeness (QED) is 0.121. The van der Waals surface area contributed by atoms with Gasteiger partial charge in [0, 0.05) is 87.5 Å². The fraction of sp³-hybridized carbons (Fsp3) is 0.500. The summed E-state index contributed by atoms with van der Waals surface area (Å²) in [6.07, 6.45) is 14.6. The maximum absolute atomic E-state index is 15.3. The van der Waals surface area contributed by atoms with E-state index in [4.69, 9.17) is 15.1 Å². The first-order chi connectivity index (χ1) is 31.8. The molecule has 4 saturated heterocycles. The van der Waals surface area contributed by atoms with E-state index in [-0.39, 0.29) is 35.7 Å². The van der Waals surface area contributed by atoms with E-state index in [1.54, 1.807) is 29.0 Å². The number of β-amino-alcohol motifs (C(OH)–C–C–N with tert-alkyl or cyclic N) is 1. The van der Waals surface area contributed by atoms with Gasteiger partial charge in [-0.2, -0.15) is 15.5 Å². The molecule has 346 valence electrons. The van der Waals surface area contributed by atoms with Crippen LogP contribution in [0.4, 0.5) is 21.6 Å². The number of hydrogen-bond acceptors (Lipinski definition) is 13. The van der Waals surface area contributed by atoms with Crippen LogP contribution in [0.3, 0.4) is 0 Å². The summed E-state index contributed by atoms with van der Waals surface area (Å²) in [5.41, 5.74) is 3.55. The molecule has 4 aromatic heterocycles. The largest absolute Gasteiger partial charge is 0.388 e. The number of likely N-dealkylation sites (tertiary alicyclic amines) is 1. The van der Waals surface area contributed by atoms with Crippen LogP contribution in [0.1, 0.15) is 90.2 Å². The highest BCUT2D eigenvalue weighted by molar-refractivity contribution is 6.01. The molecule has 0 aliphatic carbocycles. The Labute approximate surface area is 383 Å². The van der Waals surface area contributed by atoms with Gasteiger partial charge < -0.3 is 30.4 Å². The van der Waals surface area contributed by atoms with Crippen molar-refractivity contribution in [1.29, 1.82) is 5.26 Å². The molecule has 1 aromatic carbocycles. The first-order valence-corrected chi connectivity index (χ1v) is 23.3. The average Bonchev–Trinajstić information content (AvgIpc) is 3.99. The molecule has 3 amide bonds. The van der Waals surface area contributed by atoms with Crippen molar-refractivity contribution >= 4 is 40.4 Å². The van der Waals surface area contributed by atoms with Crippen molar-refractivity contribution < 1.29 is 23.9 Å². The van der Waals surface area contributed by atoms with Gasteiger partial charge in [-0.3, -0.25) is 24.4 Å². The average molecular weight is 900 g/mol. The number of amides is 3. The fourth-order valence-electron chi connectivity index (χ4n) is 10.1. The summed E-state index contributed by atoms with van der Waals surface area (Å²) < 4.78 is 19.0. The molecule has 4 aliphatic heterocycles. The van der Waals surface area contributed by atoms with Gasteiger partial charge in [0.15, 0.2) is 0 Å². The summed E-state index contributed by atoms with van der Waals surface area (Å²) >= 11 is 0. The molecule has 0 bridgehead atoms. The standard InChI is InChI=1S/C48H58FN13O4/c1-4-47(46(65)54-31(2)3)13-19-60(20-14-47)41-9-5-32(25-51-41)43-44-33(24-50)26-53-62(44)29-39(56-43)34-27-52-61(28-34)36-11-17-58(18-12-36)30-48(66)15-21-59(22-16-48)40-8-6-35(23-37(40)49)55-38-7-10-42(63)57-45(38)64/h5-6,8-9,23,25-29,31,36,38,55,66H,4,7,10-22,30H2,1-3H3,(H,54,65)(H,57,63,64). The van der Waals surface area contributed by atoms with E-state index in [2.05, 4.69) is 43.8 Å². The summed E-state index contributed by atoms with van der Waals surface area (Å²) in [4.78, 5) is 53.2. The maximum Gasteiger partial charge on any atom is 0.249 e. The Bertz CT molecular complexity index is 2630. The van der Waals surface area contributed by atoms with Crippen molar-refractivity contribution in [3.05, 3.63) is 72.7 Å². The van der Waals surface area contributed by atoms with Crippen LogP contribution in [0, 0.1) is 22.6 Å². The number of nitrogens with zero attached hydrogens (tertiary/aromatic N) is 10. The molecule has 4 aliphatic rings. The van der Waals surface area contributed by atoms with E-state index < -0.39 is 23.4 Å². The highest BCUT2D eigenvalue weighted by Gasteiger charge is 2.40. The zero-order valence-electron chi connectivity index (χ0n) is 37.8. The minimum absolute atomic E-state index is 0.101. The SMILES string of the molecule is CCC1(C(=O)NC(C)C)CCN(c2ccc(-c3nc(-c4cnn(C5CCN(CC6(O)CCN(c7ccc(NC8CCC(=O)NC8=O)cc7F)CC6)CC5)c4)cn4ncc(C#N)c34)cn2)CC1. The van der Waals surface area contributed by atoms with E-state index in [1.807, 2.05) is 54.2 Å². The Hall–Kier alpha value is -6.45. The van der Waals surface area contributed by atoms with Gasteiger partial charge >= 0.3 is 0 Å². The Morgan fingerprint density at radius 1 is 0.955 bits per heavy atom. The number of fused-ring (bicyclic) bond motifs is 1. The number of piperidine rings is 4. The van der Waals surface area contributed by atoms with E-state index in [0.29, 0.717) is 72.7 Å². The second-order valence-electron chi connectivity index (χ2n) is 18.8. The van der Waals surface area contributed by atoms with Crippen LogP contribution in [-0.2, 0) is 14.4 Å². The zero-order chi connectivity index (χ0) is 46.2. The normalized spacial score (nSPS) is 20.3. The van der Waals surface area contributed by atoms with E-state index in [1.165, 1.54) is 6.07 Å². The molecule has 1 atom stereocenters. The number of nitriles is 1. The van der Waals surface area contributed by atoms with Crippen LogP contribution in [0.2, 0.25) is 0 Å². The molecule has 4 fully saturated rings. The van der Waals surface area contributed by atoms with Crippen LogP contribution >= 0.6 is 0 Å². The van der Waals surface area contributed by atoms with Crippen LogP contribution in [0.15, 0.2) is 61.3 Å². The monoisotopic (exact) mass is 899 g/mol. The molecular weight excluding hydrogens is 842 g/mol. The molecule has 0 saturated carbocycles. The zero-order valence-corrected chi connectivity index (χ0v) is 37.8. The Morgan fingerprint density at radius 3 is 2.38 bits per heavy atom. The van der Waals surface area contributed by atoms with Gasteiger partial charge in [-0.25, -0.2) is 18.9 Å². The van der Waals surface area contributed by atoms with Crippen LogP contribution < -0.4 is 25.8 Å². The van der Waals surface area contributed by atoms with Crippen molar-refractivity contribution in [2.24, 2.45) is 5.41 Å². The Balaban J connectivity index is 0.806. The summed E-state index contributed by atoms with van der Waals surface area (Å²) in [5, 5.41) is 39.4. The molecule has 8 heterocycles. The van der Waals surface area contributed by atoms with Gasteiger partial charge in [-0.15, -0.1) is 0 Å². The second-order valence-corrected chi connectivity index (χ2v) is 18.8. The molecule has 4 N–H and O–H groups in total. The summed E-state index contributed by atoms with van der Waals surface area (Å²) in [6, 6.07) is 10.7. The summed E-state index contributed by atoms with van der Waals surface area (Å²) in [7, 11) is 0. The third kappa shape index (κ3) is 9.19. The number of anilines is 3. The van der Waals surface area contributed by atoms with Gasteiger partial charge in [0.2, 0.25) is 17.7 Å². The van der Waals surface area contributed by atoms with Gasteiger partial charge in [0.25, 0.3) is 0 Å². The predicted molar refractivity (Wildman–Crippen MR) is 247 cm³/mol. The van der Waals surface area contributed by atoms with Crippen molar-refractivity contribution in [3.63, 3.8) is 0 Å². The highest BCUT2D eigenvalue weighted by Crippen LogP contribution is 2.38. The molecule has 1 unspecified atom stereocenters. The number of hydrogen-bond donors (Lipinski definition) is 4. The maximum atomic E-state index is 15.3. The number of halogens is 1. The van der Waals surface area contributed by atoms with Gasteiger partial charge in [-0.05, 0) is 95.5 Å². The number of aromatic nitrogens is 6. The van der Waals surface area contributed by atoms with Crippen molar-refractivity contribution in [3.8, 4) is 28.6 Å². The fourth-order valence-corrected chi connectivity index (χ4v) is 10.1. The first kappa shape index (κ1) is 44.7. The molecule has 5 aromatic rings. The highest BCUT2D eigenvalue weighted by atomic mass is 19.1. The van der Waals surface area contributed by atoms with E-state index >= 15 is 4.39 Å². The molecule has 66 heavy (non-hydrogen) atoms. The van der Waals surface area contributed by atoms with Crippen LogP contribution in [-0.4, -0.2) is 121 Å². The number of pyridine rings is 1. The summed E-state index contributed by atoms with van der Waals surface area (Å²) in [5.74, 6) is -0.143. The number of imide groups is 1. The number of benzene rings is 1. The summed E-state index contributed by atoms with van der Waals surface area (Å²) in [6.45, 7) is 10.7. The van der Waals surface area contributed by atoms with Crippen LogP contribution in [0.5, 0.6) is 0 Å². The van der Waals surface area contributed by atoms with Gasteiger partial charge in [-0.1, -0.05) is 6.92 Å². The molecule has 17 nitrogen and oxygen atoms in total. The lowest BCUT2D eigenvalue weighted by atomic mass is 9.75. The van der Waals surface area contributed by atoms with Gasteiger partial charge in [0.05, 0.1) is 52.7 Å². The van der Waals surface area contributed by atoms with Crippen LogP contribution in [0.25, 0.3) is 28.0 Å². The number of rotatable bonds is 12. The van der Waals surface area contributed by atoms with Crippen molar-refractivity contribution in [2.75, 3.05) is 60.9 Å². The third-order valence-electron chi connectivity index (χ3n) is 14.2. The lowest BCUT2D eigenvalue weighted by molar-refractivity contribution is -0.134. The predicted octanol–water partition coefficient (Wildman–Crippen LogP) is 5.07. The Morgan fingerprint density at radius 2 is 1.71 bits per heavy atom. The third-order valence-corrected chi connectivity index (χ3v) is 14.2. The topological polar surface area (TPSA) is 202 Å². The number of carbonyl (C=O) groups excluding carboxylic acids is 3. The lowest BCUT2D eigenvalue weighted by Crippen LogP contribution is -2.52. The number of carbonyl (C=O) groups is 3. The number of aliphatic hydroxyl groups is 1. The molecule has 0 spiro atoms. The molecular formula is C48H58FN13O4. The smallest absolute Gasteiger partial charge is 0.249 e. The van der Waals surface area contributed by atoms with Crippen molar-refractivity contribution in [1.82, 2.24) is 44.9 Å². The Kier molecular flexibility index (Phi) is 12.5. The minimum Gasteiger partial charge on any atom is -0.388 e. The molecule has 9 rings (SSSR count). The van der Waals surface area contributed by atoms with E-state index in [9.17, 15) is 24.8 Å². The number of nitrogens with one attached hydrogen (secondary N) is 3. The van der Waals surface area contributed by atoms with E-state index in [0.717, 1.165) is 75.2 Å². The minimum atomic E-state index is -0.885. The van der Waals surface area contributed by atoms with Gasteiger partial charge in [0.1, 0.15) is 34.8 Å². The molecule has 18 heteroatoms. The second kappa shape index (κ2) is 18.4.